The molecule has 2 heterocycles. The maximum Gasteiger partial charge on any atom is 0.325 e. The third kappa shape index (κ3) is 1.70. The second-order valence-corrected chi connectivity index (χ2v) is 7.62. The van der Waals surface area contributed by atoms with Gasteiger partial charge in [-0.3, -0.25) is 4.90 Å². The van der Waals surface area contributed by atoms with E-state index in [0.29, 0.717) is 24.3 Å². The number of allylic oxidation sites excluding steroid dienone is 1. The molecule has 1 saturated carbocycles. The number of ether oxygens (including phenoxy) is 1. The highest BCUT2D eigenvalue weighted by Crippen LogP contribution is 2.67. The third-order valence-electron chi connectivity index (χ3n) is 6.63. The maximum absolute atomic E-state index is 13.3. The first-order valence-corrected chi connectivity index (χ1v) is 9.34. The van der Waals surface area contributed by atoms with Gasteiger partial charge in [-0.15, -0.1) is 6.58 Å². The van der Waals surface area contributed by atoms with Crippen LogP contribution in [0.1, 0.15) is 25.3 Å². The summed E-state index contributed by atoms with van der Waals surface area (Å²) in [5.41, 5.74) is 2.21. The molecule has 25 heavy (non-hydrogen) atoms. The van der Waals surface area contributed by atoms with Crippen molar-refractivity contribution < 1.29 is 9.53 Å². The number of rotatable bonds is 4. The Morgan fingerprint density at radius 3 is 3.00 bits per heavy atom. The molecule has 1 aromatic rings. The molecule has 4 unspecified atom stereocenters. The number of para-hydroxylation sites is 1. The minimum atomic E-state index is -0.170. The van der Waals surface area contributed by atoms with Gasteiger partial charge in [-0.25, -0.2) is 4.79 Å². The Morgan fingerprint density at radius 2 is 2.24 bits per heavy atom. The number of hydrogen-bond acceptors (Lipinski definition) is 2. The zero-order valence-electron chi connectivity index (χ0n) is 14.6. The summed E-state index contributed by atoms with van der Waals surface area (Å²) in [6.45, 7) is 8.02. The highest BCUT2D eigenvalue weighted by atomic mass is 16.5. The zero-order valence-corrected chi connectivity index (χ0v) is 14.6. The van der Waals surface area contributed by atoms with Gasteiger partial charge in [0.1, 0.15) is 0 Å². The number of amides is 2. The van der Waals surface area contributed by atoms with Crippen molar-refractivity contribution in [1.82, 2.24) is 4.90 Å². The van der Waals surface area contributed by atoms with E-state index in [1.54, 1.807) is 0 Å². The highest BCUT2D eigenvalue weighted by molar-refractivity contribution is 5.97. The summed E-state index contributed by atoms with van der Waals surface area (Å²) in [4.78, 5) is 17.4. The molecule has 1 aromatic carbocycles. The van der Waals surface area contributed by atoms with Gasteiger partial charge in [0.05, 0.1) is 23.6 Å². The van der Waals surface area contributed by atoms with E-state index in [2.05, 4.69) is 35.8 Å². The van der Waals surface area contributed by atoms with Crippen LogP contribution < -0.4 is 4.90 Å². The molecule has 130 valence electrons. The predicted molar refractivity (Wildman–Crippen MR) is 97.2 cm³/mol. The van der Waals surface area contributed by atoms with E-state index in [0.717, 1.165) is 31.0 Å². The molecule has 0 aromatic heterocycles. The largest absolute Gasteiger partial charge is 0.499 e. The Hall–Kier alpha value is -2.23. The quantitative estimate of drug-likeness (QED) is 0.781. The molecular weight excluding hydrogens is 312 g/mol. The molecule has 4 atom stereocenters. The van der Waals surface area contributed by atoms with E-state index in [9.17, 15) is 4.79 Å². The van der Waals surface area contributed by atoms with Crippen LogP contribution in [0.15, 0.2) is 48.8 Å². The fraction of sp³-hybridized carbons (Fsp3) is 0.476. The number of carbonyl (C=O) groups excluding carboxylic acids is 1. The summed E-state index contributed by atoms with van der Waals surface area (Å²) < 4.78 is 5.87. The van der Waals surface area contributed by atoms with Gasteiger partial charge in [-0.05, 0) is 37.3 Å². The molecule has 5 rings (SSSR count). The number of fused-ring (bicyclic) bond motifs is 1. The minimum Gasteiger partial charge on any atom is -0.499 e. The van der Waals surface area contributed by atoms with Crippen molar-refractivity contribution in [3.63, 3.8) is 0 Å². The first-order valence-electron chi connectivity index (χ1n) is 9.34. The molecule has 2 aliphatic carbocycles. The van der Waals surface area contributed by atoms with Gasteiger partial charge in [0, 0.05) is 31.0 Å². The van der Waals surface area contributed by atoms with Crippen molar-refractivity contribution in [3.8, 4) is 0 Å². The second kappa shape index (κ2) is 5.13. The lowest BCUT2D eigenvalue weighted by atomic mass is 9.68. The number of carbonyl (C=O) groups is 1. The Kier molecular flexibility index (Phi) is 3.09. The van der Waals surface area contributed by atoms with Crippen LogP contribution in [0, 0.1) is 17.8 Å². The number of urea groups is 1. The van der Waals surface area contributed by atoms with Gasteiger partial charge < -0.3 is 9.64 Å². The predicted octanol–water partition coefficient (Wildman–Crippen LogP) is 3.90. The standard InChI is InChI=1S/C21H24N2O2/c1-3-9-22-19-8-6-5-7-17(19)21-15-10-14(13-23(21)20(22)24)18(21)12-16(11-15)25-4-2/h3,5-8,12,14-15,18H,1,4,9-11,13H2,2H3. The zero-order chi connectivity index (χ0) is 17.2. The van der Waals surface area contributed by atoms with Crippen LogP contribution in [0.25, 0.3) is 0 Å². The topological polar surface area (TPSA) is 32.8 Å². The van der Waals surface area contributed by atoms with Gasteiger partial charge in [0.2, 0.25) is 0 Å². The van der Waals surface area contributed by atoms with E-state index in [4.69, 9.17) is 4.74 Å². The molecule has 4 bridgehead atoms. The van der Waals surface area contributed by atoms with E-state index in [1.165, 1.54) is 12.0 Å². The fourth-order valence-electron chi connectivity index (χ4n) is 5.99. The number of benzene rings is 1. The summed E-state index contributed by atoms with van der Waals surface area (Å²) in [6.07, 6.45) is 6.29. The molecule has 2 amide bonds. The van der Waals surface area contributed by atoms with E-state index < -0.39 is 0 Å². The first-order chi connectivity index (χ1) is 12.2. The van der Waals surface area contributed by atoms with Crippen LogP contribution in [0.2, 0.25) is 0 Å². The summed E-state index contributed by atoms with van der Waals surface area (Å²) in [7, 11) is 0. The summed E-state index contributed by atoms with van der Waals surface area (Å²) in [5.74, 6) is 2.51. The Morgan fingerprint density at radius 1 is 1.40 bits per heavy atom. The molecule has 1 spiro atoms. The molecule has 4 heteroatoms. The second-order valence-electron chi connectivity index (χ2n) is 7.62. The Bertz CT molecular complexity index is 786. The molecule has 2 aliphatic heterocycles. The molecule has 4 nitrogen and oxygen atoms in total. The van der Waals surface area contributed by atoms with Crippen LogP contribution >= 0.6 is 0 Å². The van der Waals surface area contributed by atoms with Crippen molar-refractivity contribution in [1.29, 1.82) is 0 Å². The Balaban J connectivity index is 1.71. The lowest BCUT2D eigenvalue weighted by molar-refractivity contribution is 0.0526. The monoisotopic (exact) mass is 336 g/mol. The molecule has 0 N–H and O–H groups in total. The van der Waals surface area contributed by atoms with Gasteiger partial charge in [0.15, 0.2) is 0 Å². The Labute approximate surface area is 148 Å². The average Bonchev–Trinajstić information content (AvgIpc) is 3.02. The molecule has 0 radical (unpaired) electrons. The molecular formula is C21H24N2O2. The number of anilines is 1. The molecule has 2 fully saturated rings. The molecule has 4 aliphatic rings. The van der Waals surface area contributed by atoms with Crippen molar-refractivity contribution in [2.45, 2.75) is 25.3 Å². The normalized spacial score (nSPS) is 34.5. The third-order valence-corrected chi connectivity index (χ3v) is 6.63. The van der Waals surface area contributed by atoms with Gasteiger partial charge in [0.25, 0.3) is 0 Å². The maximum atomic E-state index is 13.3. The average molecular weight is 336 g/mol. The van der Waals surface area contributed by atoms with E-state index >= 15 is 0 Å². The number of nitrogens with zero attached hydrogens (tertiary/aromatic N) is 2. The number of hydrogen-bond donors (Lipinski definition) is 0. The minimum absolute atomic E-state index is 0.143. The first kappa shape index (κ1) is 15.1. The van der Waals surface area contributed by atoms with Gasteiger partial charge >= 0.3 is 6.03 Å². The van der Waals surface area contributed by atoms with Gasteiger partial charge in [-0.1, -0.05) is 24.3 Å². The molecule has 1 saturated heterocycles. The van der Waals surface area contributed by atoms with Crippen LogP contribution in [-0.4, -0.2) is 30.6 Å². The van der Waals surface area contributed by atoms with E-state index in [-0.39, 0.29) is 11.6 Å². The highest BCUT2D eigenvalue weighted by Gasteiger charge is 2.69. The summed E-state index contributed by atoms with van der Waals surface area (Å²) in [6, 6.07) is 8.62. The van der Waals surface area contributed by atoms with Crippen molar-refractivity contribution in [2.24, 2.45) is 17.8 Å². The van der Waals surface area contributed by atoms with Crippen LogP contribution in [0.5, 0.6) is 0 Å². The van der Waals surface area contributed by atoms with Crippen LogP contribution in [0.4, 0.5) is 10.5 Å². The van der Waals surface area contributed by atoms with E-state index in [1.807, 2.05) is 24.0 Å². The summed E-state index contributed by atoms with van der Waals surface area (Å²) in [5, 5.41) is 0. The SMILES string of the molecule is C=CCN1C(=O)N2CC3CC4CC(OCC)=CC3C42c2ccccc21. The summed E-state index contributed by atoms with van der Waals surface area (Å²) >= 11 is 0. The lowest BCUT2D eigenvalue weighted by Gasteiger charge is -2.53. The smallest absolute Gasteiger partial charge is 0.325 e. The van der Waals surface area contributed by atoms with Crippen LogP contribution in [-0.2, 0) is 10.3 Å². The van der Waals surface area contributed by atoms with Crippen molar-refractivity contribution in [2.75, 3.05) is 24.6 Å². The number of piperidine rings is 1. The van der Waals surface area contributed by atoms with Crippen molar-refractivity contribution in [3.05, 3.63) is 54.3 Å². The van der Waals surface area contributed by atoms with Crippen LogP contribution in [0.3, 0.4) is 0 Å². The lowest BCUT2D eigenvalue weighted by Crippen LogP contribution is -2.61. The van der Waals surface area contributed by atoms with Crippen molar-refractivity contribution >= 4 is 11.7 Å². The van der Waals surface area contributed by atoms with Gasteiger partial charge in [-0.2, -0.15) is 0 Å². The fourth-order valence-corrected chi connectivity index (χ4v) is 5.99.